The van der Waals surface area contributed by atoms with Crippen LogP contribution in [0, 0.1) is 6.92 Å². The van der Waals surface area contributed by atoms with E-state index in [2.05, 4.69) is 15.1 Å². The Balaban J connectivity index is 2.23. The Hall–Kier alpha value is -1.98. The van der Waals surface area contributed by atoms with Gasteiger partial charge in [-0.1, -0.05) is 13.3 Å². The van der Waals surface area contributed by atoms with Crippen molar-refractivity contribution in [2.45, 2.75) is 26.7 Å². The maximum absolute atomic E-state index is 11.8. The Kier molecular flexibility index (Phi) is 3.32. The van der Waals surface area contributed by atoms with Crippen molar-refractivity contribution < 1.29 is 9.53 Å². The monoisotopic (exact) mass is 234 g/mol. The first kappa shape index (κ1) is 11.5. The number of unbranched alkanes of at least 4 members (excludes halogenated alkanes) is 1. The van der Waals surface area contributed by atoms with Crippen molar-refractivity contribution >= 4 is 11.7 Å². The van der Waals surface area contributed by atoms with Crippen LogP contribution in [0.3, 0.4) is 0 Å². The minimum absolute atomic E-state index is 0.360. The van der Waals surface area contributed by atoms with Crippen LogP contribution >= 0.6 is 0 Å². The van der Waals surface area contributed by atoms with Crippen LogP contribution in [0.5, 0.6) is 0 Å². The van der Waals surface area contributed by atoms with Gasteiger partial charge in [-0.05, 0) is 13.3 Å². The summed E-state index contributed by atoms with van der Waals surface area (Å²) in [6.45, 7) is 4.27. The molecule has 17 heavy (non-hydrogen) atoms. The van der Waals surface area contributed by atoms with E-state index in [9.17, 15) is 4.79 Å². The van der Waals surface area contributed by atoms with Gasteiger partial charge < -0.3 is 4.74 Å². The second-order valence-electron chi connectivity index (χ2n) is 3.72. The van der Waals surface area contributed by atoms with Crippen molar-refractivity contribution in [3.8, 4) is 0 Å². The molecule has 2 aromatic heterocycles. The predicted molar refractivity (Wildman–Crippen MR) is 60.7 cm³/mol. The third kappa shape index (κ3) is 2.25. The Morgan fingerprint density at radius 3 is 3.06 bits per heavy atom. The first-order chi connectivity index (χ1) is 8.24. The summed E-state index contributed by atoms with van der Waals surface area (Å²) in [6.07, 6.45) is 4.74. The lowest BCUT2D eigenvalue weighted by atomic mass is 10.2. The third-order valence-electron chi connectivity index (χ3n) is 2.50. The van der Waals surface area contributed by atoms with Crippen molar-refractivity contribution in [1.29, 1.82) is 0 Å². The van der Waals surface area contributed by atoms with Crippen LogP contribution in [-0.2, 0) is 4.74 Å². The van der Waals surface area contributed by atoms with E-state index in [4.69, 9.17) is 4.74 Å². The van der Waals surface area contributed by atoms with Crippen LogP contribution in [0.15, 0.2) is 12.5 Å². The summed E-state index contributed by atoms with van der Waals surface area (Å²) in [6, 6.07) is 0. The molecule has 0 radical (unpaired) electrons. The van der Waals surface area contributed by atoms with Gasteiger partial charge in [-0.2, -0.15) is 10.1 Å². The highest BCUT2D eigenvalue weighted by Gasteiger charge is 2.14. The summed E-state index contributed by atoms with van der Waals surface area (Å²) in [5, 5.41) is 3.99. The first-order valence-corrected chi connectivity index (χ1v) is 5.56. The molecule has 2 rings (SSSR count). The van der Waals surface area contributed by atoms with Gasteiger partial charge in [0.1, 0.15) is 6.33 Å². The molecule has 6 heteroatoms. The standard InChI is InChI=1S/C11H14N4O2/c1-3-4-5-17-10(16)9-6-12-11-13-7-14-15(11)8(9)2/h6-7H,3-5H2,1-2H3. The van der Waals surface area contributed by atoms with E-state index in [0.29, 0.717) is 23.6 Å². The molecule has 0 unspecified atom stereocenters. The number of carbonyl (C=O) groups is 1. The van der Waals surface area contributed by atoms with E-state index < -0.39 is 0 Å². The van der Waals surface area contributed by atoms with Crippen LogP contribution in [-0.4, -0.2) is 32.2 Å². The van der Waals surface area contributed by atoms with E-state index in [1.54, 1.807) is 6.92 Å². The number of aryl methyl sites for hydroxylation is 1. The molecule has 0 fully saturated rings. The van der Waals surface area contributed by atoms with Gasteiger partial charge in [0.2, 0.25) is 0 Å². The molecule has 0 saturated heterocycles. The van der Waals surface area contributed by atoms with Crippen molar-refractivity contribution in [2.75, 3.05) is 6.61 Å². The summed E-state index contributed by atoms with van der Waals surface area (Å²) in [7, 11) is 0. The fourth-order valence-corrected chi connectivity index (χ4v) is 1.48. The zero-order valence-electron chi connectivity index (χ0n) is 9.88. The number of fused-ring (bicyclic) bond motifs is 1. The average Bonchev–Trinajstić information content (AvgIpc) is 2.78. The minimum atomic E-state index is -0.360. The summed E-state index contributed by atoms with van der Waals surface area (Å²) < 4.78 is 6.66. The zero-order chi connectivity index (χ0) is 12.3. The SMILES string of the molecule is CCCCOC(=O)c1cnc2ncnn2c1C. The molecule has 0 aliphatic carbocycles. The van der Waals surface area contributed by atoms with Crippen LogP contribution in [0.4, 0.5) is 0 Å². The van der Waals surface area contributed by atoms with Crippen LogP contribution in [0.25, 0.3) is 5.78 Å². The zero-order valence-corrected chi connectivity index (χ0v) is 9.88. The third-order valence-corrected chi connectivity index (χ3v) is 2.50. The highest BCUT2D eigenvalue weighted by atomic mass is 16.5. The molecule has 0 saturated carbocycles. The van der Waals surface area contributed by atoms with Gasteiger partial charge in [0.15, 0.2) is 0 Å². The van der Waals surface area contributed by atoms with Crippen molar-refractivity contribution in [3.05, 3.63) is 23.8 Å². The van der Waals surface area contributed by atoms with E-state index >= 15 is 0 Å². The van der Waals surface area contributed by atoms with E-state index in [0.717, 1.165) is 12.8 Å². The number of hydrogen-bond donors (Lipinski definition) is 0. The highest BCUT2D eigenvalue weighted by molar-refractivity contribution is 5.90. The van der Waals surface area contributed by atoms with E-state index in [-0.39, 0.29) is 5.97 Å². The lowest BCUT2D eigenvalue weighted by Gasteiger charge is -2.06. The number of rotatable bonds is 4. The average molecular weight is 234 g/mol. The number of esters is 1. The van der Waals surface area contributed by atoms with Gasteiger partial charge in [0.25, 0.3) is 5.78 Å². The summed E-state index contributed by atoms with van der Waals surface area (Å²) >= 11 is 0. The van der Waals surface area contributed by atoms with Gasteiger partial charge in [-0.15, -0.1) is 0 Å². The number of carbonyl (C=O) groups excluding carboxylic acids is 1. The normalized spacial score (nSPS) is 10.7. The van der Waals surface area contributed by atoms with E-state index in [1.807, 2.05) is 6.92 Å². The molecule has 0 spiro atoms. The molecule has 0 aliphatic heterocycles. The second-order valence-corrected chi connectivity index (χ2v) is 3.72. The highest BCUT2D eigenvalue weighted by Crippen LogP contribution is 2.09. The van der Waals surface area contributed by atoms with Gasteiger partial charge >= 0.3 is 5.97 Å². The molecule has 0 aromatic carbocycles. The first-order valence-electron chi connectivity index (χ1n) is 5.56. The second kappa shape index (κ2) is 4.90. The fourth-order valence-electron chi connectivity index (χ4n) is 1.48. The van der Waals surface area contributed by atoms with Gasteiger partial charge in [-0.3, -0.25) is 0 Å². The largest absolute Gasteiger partial charge is 0.462 e. The molecule has 90 valence electrons. The predicted octanol–water partition coefficient (Wildman–Crippen LogP) is 1.39. The van der Waals surface area contributed by atoms with Crippen molar-refractivity contribution in [1.82, 2.24) is 19.6 Å². The van der Waals surface area contributed by atoms with E-state index in [1.165, 1.54) is 17.0 Å². The number of ether oxygens (including phenoxy) is 1. The van der Waals surface area contributed by atoms with Crippen molar-refractivity contribution in [2.24, 2.45) is 0 Å². The lowest BCUT2D eigenvalue weighted by molar-refractivity contribution is 0.0497. The molecule has 0 bridgehead atoms. The molecule has 2 heterocycles. The number of nitrogens with zero attached hydrogens (tertiary/aromatic N) is 4. The van der Waals surface area contributed by atoms with Crippen LogP contribution in [0.1, 0.15) is 35.8 Å². The maximum atomic E-state index is 11.8. The van der Waals surface area contributed by atoms with Crippen molar-refractivity contribution in [3.63, 3.8) is 0 Å². The molecule has 0 N–H and O–H groups in total. The smallest absolute Gasteiger partial charge is 0.341 e. The fraction of sp³-hybridized carbons (Fsp3) is 0.455. The van der Waals surface area contributed by atoms with Gasteiger partial charge in [-0.25, -0.2) is 14.3 Å². The van der Waals surface area contributed by atoms with Crippen LogP contribution in [0.2, 0.25) is 0 Å². The topological polar surface area (TPSA) is 69.4 Å². The summed E-state index contributed by atoms with van der Waals surface area (Å²) in [5.41, 5.74) is 1.12. The molecule has 2 aromatic rings. The molecule has 0 atom stereocenters. The van der Waals surface area contributed by atoms with Gasteiger partial charge in [0.05, 0.1) is 17.9 Å². The molecule has 6 nitrogen and oxygen atoms in total. The Labute approximate surface area is 98.6 Å². The summed E-state index contributed by atoms with van der Waals surface area (Å²) in [5.74, 6) is 0.119. The Bertz CT molecular complexity index is 535. The van der Waals surface area contributed by atoms with Crippen LogP contribution < -0.4 is 0 Å². The molecule has 0 amide bonds. The molecule has 0 aliphatic rings. The molecular formula is C11H14N4O2. The number of hydrogen-bond acceptors (Lipinski definition) is 5. The lowest BCUT2D eigenvalue weighted by Crippen LogP contribution is -2.12. The maximum Gasteiger partial charge on any atom is 0.341 e. The minimum Gasteiger partial charge on any atom is -0.462 e. The quantitative estimate of drug-likeness (QED) is 0.590. The Morgan fingerprint density at radius 2 is 2.29 bits per heavy atom. The molecular weight excluding hydrogens is 220 g/mol. The summed E-state index contributed by atoms with van der Waals surface area (Å²) in [4.78, 5) is 19.8. The van der Waals surface area contributed by atoms with Gasteiger partial charge in [0, 0.05) is 6.20 Å². The number of aromatic nitrogens is 4. The Morgan fingerprint density at radius 1 is 1.47 bits per heavy atom.